The molecule has 0 aliphatic carbocycles. The highest BCUT2D eigenvalue weighted by Crippen LogP contribution is 2.34. The molecular formula is C17H22N4O4. The minimum atomic E-state index is -1.70. The molecule has 1 heterocycles. The molecule has 134 valence electrons. The van der Waals surface area contributed by atoms with Gasteiger partial charge in [-0.25, -0.2) is 9.59 Å². The number of ether oxygens (including phenoxy) is 2. The first kappa shape index (κ1) is 18.6. The van der Waals surface area contributed by atoms with E-state index in [0.717, 1.165) is 10.5 Å². The largest absolute Gasteiger partial charge is 0.459 e. The first-order valence-electron chi connectivity index (χ1n) is 8.06. The van der Waals surface area contributed by atoms with E-state index in [1.165, 1.54) is 0 Å². The Balaban J connectivity index is 2.19. The van der Waals surface area contributed by atoms with Gasteiger partial charge in [0, 0.05) is 11.5 Å². The summed E-state index contributed by atoms with van der Waals surface area (Å²) in [5.74, 6) is -0.752. The number of amides is 1. The molecule has 1 aromatic carbocycles. The van der Waals surface area contributed by atoms with Crippen LogP contribution in [0.25, 0.3) is 10.4 Å². The number of hydrogen-bond donors (Lipinski definition) is 0. The molecule has 0 radical (unpaired) electrons. The number of nitrogens with zero attached hydrogens (tertiary/aromatic N) is 4. The fourth-order valence-electron chi connectivity index (χ4n) is 2.63. The van der Waals surface area contributed by atoms with Crippen LogP contribution in [0.3, 0.4) is 0 Å². The Labute approximate surface area is 146 Å². The third-order valence-electron chi connectivity index (χ3n) is 3.72. The molecular weight excluding hydrogens is 324 g/mol. The number of esters is 1. The summed E-state index contributed by atoms with van der Waals surface area (Å²) in [6.07, 6.45) is 0.0110. The van der Waals surface area contributed by atoms with Crippen molar-refractivity contribution in [3.8, 4) is 0 Å². The molecule has 0 N–H and O–H groups in total. The highest BCUT2D eigenvalue weighted by Gasteiger charge is 2.52. The normalized spacial score (nSPS) is 19.9. The van der Waals surface area contributed by atoms with E-state index in [4.69, 9.17) is 15.0 Å². The first-order valence-corrected chi connectivity index (χ1v) is 8.06. The molecule has 0 saturated carbocycles. The molecule has 1 aliphatic rings. The van der Waals surface area contributed by atoms with E-state index in [9.17, 15) is 9.59 Å². The zero-order valence-corrected chi connectivity index (χ0v) is 14.6. The van der Waals surface area contributed by atoms with Gasteiger partial charge in [-0.3, -0.25) is 4.90 Å². The summed E-state index contributed by atoms with van der Waals surface area (Å²) in [6, 6.07) is 9.14. The van der Waals surface area contributed by atoms with Gasteiger partial charge in [0.15, 0.2) is 0 Å². The quantitative estimate of drug-likeness (QED) is 0.358. The van der Waals surface area contributed by atoms with Gasteiger partial charge < -0.3 is 9.47 Å². The van der Waals surface area contributed by atoms with Gasteiger partial charge in [-0.1, -0.05) is 35.4 Å². The predicted octanol–water partition coefficient (Wildman–Crippen LogP) is 3.77. The molecule has 1 atom stereocenters. The van der Waals surface area contributed by atoms with Crippen LogP contribution in [-0.4, -0.2) is 34.8 Å². The number of benzene rings is 1. The van der Waals surface area contributed by atoms with E-state index in [2.05, 4.69) is 10.0 Å². The Hall–Kier alpha value is -2.73. The van der Waals surface area contributed by atoms with Crippen LogP contribution in [0.15, 0.2) is 35.4 Å². The van der Waals surface area contributed by atoms with Gasteiger partial charge >= 0.3 is 12.1 Å². The number of likely N-dealkylation sites (tertiary alicyclic amines) is 1. The highest BCUT2D eigenvalue weighted by atomic mass is 16.6. The summed E-state index contributed by atoms with van der Waals surface area (Å²) in [6.45, 7) is 5.47. The summed E-state index contributed by atoms with van der Waals surface area (Å²) in [7, 11) is 0. The lowest BCUT2D eigenvalue weighted by Gasteiger charge is -2.33. The Morgan fingerprint density at radius 2 is 2.00 bits per heavy atom. The Morgan fingerprint density at radius 1 is 1.32 bits per heavy atom. The van der Waals surface area contributed by atoms with Crippen molar-refractivity contribution in [2.75, 3.05) is 6.54 Å². The third kappa shape index (κ3) is 4.42. The van der Waals surface area contributed by atoms with Crippen molar-refractivity contribution in [2.45, 2.75) is 51.5 Å². The predicted molar refractivity (Wildman–Crippen MR) is 90.3 cm³/mol. The zero-order chi connectivity index (χ0) is 18.5. The standard InChI is InChI=1S/C17H22N4O4/c1-16(2,3)25-15(23)21-11-7-10-17(21,19-20-18)14(22)24-12-13-8-5-4-6-9-13/h4-6,8-9H,7,10-12H2,1-3H3. The Bertz CT molecular complexity index is 680. The summed E-state index contributed by atoms with van der Waals surface area (Å²) in [4.78, 5) is 29.0. The molecule has 1 fully saturated rings. The van der Waals surface area contributed by atoms with Crippen LogP contribution in [0.5, 0.6) is 0 Å². The number of hydrogen-bond acceptors (Lipinski definition) is 5. The van der Waals surface area contributed by atoms with E-state index in [-0.39, 0.29) is 19.6 Å². The minimum Gasteiger partial charge on any atom is -0.459 e. The van der Waals surface area contributed by atoms with E-state index < -0.39 is 23.3 Å². The number of rotatable bonds is 4. The molecule has 0 aromatic heterocycles. The van der Waals surface area contributed by atoms with Crippen LogP contribution in [0.1, 0.15) is 39.2 Å². The molecule has 1 amide bonds. The van der Waals surface area contributed by atoms with Crippen molar-refractivity contribution >= 4 is 12.1 Å². The van der Waals surface area contributed by atoms with Gasteiger partial charge in [-0.2, -0.15) is 0 Å². The number of carbonyl (C=O) groups is 2. The maximum atomic E-state index is 12.7. The maximum Gasteiger partial charge on any atom is 0.411 e. The van der Waals surface area contributed by atoms with Gasteiger partial charge in [0.2, 0.25) is 5.66 Å². The second kappa shape index (κ2) is 7.44. The molecule has 1 aromatic rings. The van der Waals surface area contributed by atoms with Crippen molar-refractivity contribution in [1.29, 1.82) is 0 Å². The van der Waals surface area contributed by atoms with Gasteiger partial charge in [-0.15, -0.1) is 0 Å². The second-order valence-corrected chi connectivity index (χ2v) is 6.80. The minimum absolute atomic E-state index is 0.0323. The van der Waals surface area contributed by atoms with Gasteiger partial charge in [0.25, 0.3) is 0 Å². The highest BCUT2D eigenvalue weighted by molar-refractivity contribution is 5.86. The van der Waals surface area contributed by atoms with Crippen molar-refractivity contribution in [3.05, 3.63) is 46.3 Å². The average molecular weight is 346 g/mol. The van der Waals surface area contributed by atoms with Crippen molar-refractivity contribution in [3.63, 3.8) is 0 Å². The fourth-order valence-corrected chi connectivity index (χ4v) is 2.63. The SMILES string of the molecule is CC(C)(C)OC(=O)N1CCCC1(N=[N+]=[N-])C(=O)OCc1ccccc1. The summed E-state index contributed by atoms with van der Waals surface area (Å²) >= 11 is 0. The van der Waals surface area contributed by atoms with Crippen molar-refractivity contribution in [2.24, 2.45) is 5.11 Å². The molecule has 25 heavy (non-hydrogen) atoms. The monoisotopic (exact) mass is 346 g/mol. The van der Waals surface area contributed by atoms with Crippen molar-refractivity contribution < 1.29 is 19.1 Å². The fraction of sp³-hybridized carbons (Fsp3) is 0.529. The van der Waals surface area contributed by atoms with Gasteiger partial charge in [0.1, 0.15) is 12.2 Å². The number of azide groups is 1. The van der Waals surface area contributed by atoms with Crippen molar-refractivity contribution in [1.82, 2.24) is 4.90 Å². The Kier molecular flexibility index (Phi) is 5.54. The van der Waals surface area contributed by atoms with Crippen LogP contribution in [0.4, 0.5) is 4.79 Å². The lowest BCUT2D eigenvalue weighted by Crippen LogP contribution is -2.53. The van der Waals surface area contributed by atoms with Crippen LogP contribution < -0.4 is 0 Å². The Morgan fingerprint density at radius 3 is 2.60 bits per heavy atom. The van der Waals surface area contributed by atoms with Crippen LogP contribution >= 0.6 is 0 Å². The molecule has 1 saturated heterocycles. The summed E-state index contributed by atoms with van der Waals surface area (Å²) in [5.41, 5.74) is 7.30. The molecule has 8 nitrogen and oxygen atoms in total. The van der Waals surface area contributed by atoms with Crippen LogP contribution in [0.2, 0.25) is 0 Å². The molecule has 1 aliphatic heterocycles. The van der Waals surface area contributed by atoms with E-state index in [1.54, 1.807) is 20.8 Å². The second-order valence-electron chi connectivity index (χ2n) is 6.80. The molecule has 0 spiro atoms. The summed E-state index contributed by atoms with van der Waals surface area (Å²) in [5, 5.41) is 3.63. The number of carbonyl (C=O) groups excluding carboxylic acids is 2. The van der Waals surface area contributed by atoms with Gasteiger partial charge in [0.05, 0.1) is 0 Å². The van der Waals surface area contributed by atoms with E-state index >= 15 is 0 Å². The smallest absolute Gasteiger partial charge is 0.411 e. The first-order chi connectivity index (χ1) is 11.8. The topological polar surface area (TPSA) is 105 Å². The molecule has 0 bridgehead atoms. The van der Waals surface area contributed by atoms with E-state index in [0.29, 0.717) is 6.42 Å². The zero-order valence-electron chi connectivity index (χ0n) is 14.6. The summed E-state index contributed by atoms with van der Waals surface area (Å²) < 4.78 is 10.7. The van der Waals surface area contributed by atoms with Crippen LogP contribution in [0, 0.1) is 0 Å². The molecule has 1 unspecified atom stereocenters. The maximum absolute atomic E-state index is 12.7. The van der Waals surface area contributed by atoms with E-state index in [1.807, 2.05) is 30.3 Å². The third-order valence-corrected chi connectivity index (χ3v) is 3.72. The average Bonchev–Trinajstić information content (AvgIpc) is 2.97. The molecule has 2 rings (SSSR count). The van der Waals surface area contributed by atoms with Gasteiger partial charge in [-0.05, 0) is 44.7 Å². The molecule has 8 heteroatoms. The lowest BCUT2D eigenvalue weighted by molar-refractivity contribution is -0.157. The lowest BCUT2D eigenvalue weighted by atomic mass is 10.1. The van der Waals surface area contributed by atoms with Crippen LogP contribution in [-0.2, 0) is 20.9 Å².